The first kappa shape index (κ1) is 26.5. The van der Waals surface area contributed by atoms with Gasteiger partial charge in [-0.3, -0.25) is 4.79 Å². The van der Waals surface area contributed by atoms with Gasteiger partial charge in [-0.2, -0.15) is 0 Å². The third-order valence-electron chi connectivity index (χ3n) is 5.79. The minimum Gasteiger partial charge on any atom is -0.507 e. The van der Waals surface area contributed by atoms with Crippen molar-refractivity contribution in [1.29, 1.82) is 0 Å². The Hall–Kier alpha value is -3.59. The third kappa shape index (κ3) is 5.00. The van der Waals surface area contributed by atoms with Gasteiger partial charge in [-0.1, -0.05) is 0 Å². The van der Waals surface area contributed by atoms with E-state index in [-0.39, 0.29) is 52.8 Å². The van der Waals surface area contributed by atoms with Crippen molar-refractivity contribution in [2.24, 2.45) is 0 Å². The van der Waals surface area contributed by atoms with Gasteiger partial charge in [0.2, 0.25) is 17.5 Å². The van der Waals surface area contributed by atoms with Crippen molar-refractivity contribution in [2.45, 2.75) is 30.7 Å². The number of hydrogen-bond donors (Lipinski definition) is 7. The molecule has 7 N–H and O–H groups in total. The zero-order valence-corrected chi connectivity index (χ0v) is 19.5. The van der Waals surface area contributed by atoms with Crippen molar-refractivity contribution in [3.8, 4) is 40.1 Å². The average Bonchev–Trinajstić information content (AvgIpc) is 2.88. The van der Waals surface area contributed by atoms with Crippen molar-refractivity contribution < 1.29 is 59.1 Å². The second-order valence-corrected chi connectivity index (χ2v) is 8.18. The smallest absolute Gasteiger partial charge is 0.239 e. The van der Waals surface area contributed by atoms with Gasteiger partial charge in [-0.15, -0.1) is 0 Å². The molecule has 0 aliphatic carbocycles. The Labute approximate surface area is 208 Å². The predicted molar refractivity (Wildman–Crippen MR) is 125 cm³/mol. The molecular formula is C24H26O13. The minimum atomic E-state index is -1.84. The first-order valence-corrected chi connectivity index (χ1v) is 11.1. The fourth-order valence-electron chi connectivity index (χ4n) is 3.91. The lowest BCUT2D eigenvalue weighted by Gasteiger charge is -2.39. The first-order chi connectivity index (χ1) is 17.7. The number of aromatic hydroxyl groups is 2. The van der Waals surface area contributed by atoms with Crippen LogP contribution in [0.2, 0.25) is 0 Å². The highest BCUT2D eigenvalue weighted by molar-refractivity contribution is 5.88. The number of aliphatic hydroxyl groups is 5. The molecule has 13 heteroatoms. The van der Waals surface area contributed by atoms with Gasteiger partial charge in [-0.25, -0.2) is 0 Å². The van der Waals surface area contributed by atoms with E-state index >= 15 is 0 Å². The van der Waals surface area contributed by atoms with Crippen LogP contribution in [0.25, 0.3) is 22.3 Å². The molecule has 200 valence electrons. The molecule has 0 amide bonds. The summed E-state index contributed by atoms with van der Waals surface area (Å²) in [6.45, 7) is -1.12. The molecule has 0 radical (unpaired) electrons. The maximum Gasteiger partial charge on any atom is 0.239 e. The van der Waals surface area contributed by atoms with Crippen molar-refractivity contribution in [1.82, 2.24) is 0 Å². The van der Waals surface area contributed by atoms with Crippen LogP contribution in [0.1, 0.15) is 0 Å². The quantitative estimate of drug-likeness (QED) is 0.198. The standard InChI is InChI=1S/C24H26O13/c1-33-14-3-2-10(6-12(14)27)22-23(37-24-21(32)20(31)18(29)16(9-26)36-24)19(30)17-13(28)7-11(34-5-4-25)8-15(17)35-22/h2-3,6-8,16,18,20-21,24-29,31-32H,4-5,9H2,1H3/t16-,18-,20+,21-,24+/m1/s1. The largest absolute Gasteiger partial charge is 0.507 e. The number of hydrogen-bond acceptors (Lipinski definition) is 13. The predicted octanol–water partition coefficient (Wildman–Crippen LogP) is -0.570. The molecule has 1 aromatic heterocycles. The molecule has 1 saturated heterocycles. The molecule has 2 aromatic carbocycles. The number of phenols is 2. The molecule has 3 aromatic rings. The van der Waals surface area contributed by atoms with Crippen molar-refractivity contribution in [3.05, 3.63) is 40.6 Å². The van der Waals surface area contributed by atoms with Crippen LogP contribution in [0.3, 0.4) is 0 Å². The fourth-order valence-corrected chi connectivity index (χ4v) is 3.91. The van der Waals surface area contributed by atoms with Gasteiger partial charge in [0.05, 0.1) is 20.3 Å². The zero-order chi connectivity index (χ0) is 26.9. The summed E-state index contributed by atoms with van der Waals surface area (Å²) < 4.78 is 27.2. The molecule has 37 heavy (non-hydrogen) atoms. The Bertz CT molecular complexity index is 1320. The molecule has 1 aliphatic heterocycles. The van der Waals surface area contributed by atoms with Gasteiger partial charge < -0.3 is 59.1 Å². The summed E-state index contributed by atoms with van der Waals surface area (Å²) in [7, 11) is 1.34. The summed E-state index contributed by atoms with van der Waals surface area (Å²) in [4.78, 5) is 13.5. The van der Waals surface area contributed by atoms with Crippen LogP contribution in [0.5, 0.6) is 28.7 Å². The van der Waals surface area contributed by atoms with Gasteiger partial charge in [-0.05, 0) is 18.2 Å². The van der Waals surface area contributed by atoms with Crippen LogP contribution in [0.4, 0.5) is 0 Å². The summed E-state index contributed by atoms with van der Waals surface area (Å²) in [5.74, 6) is -1.45. The van der Waals surface area contributed by atoms with E-state index in [2.05, 4.69) is 0 Å². The number of phenolic OH excluding ortho intramolecular Hbond substituents is 2. The van der Waals surface area contributed by atoms with Crippen molar-refractivity contribution in [2.75, 3.05) is 26.9 Å². The maximum absolute atomic E-state index is 13.5. The number of ether oxygens (including phenoxy) is 4. The SMILES string of the molecule is COc1ccc(-c2oc3cc(OCCO)cc(O)c3c(=O)c2O[C@@H]2O[C@H](CO)[C@@H](O)[C@H](O)[C@H]2O)cc1O. The Kier molecular flexibility index (Phi) is 7.73. The zero-order valence-electron chi connectivity index (χ0n) is 19.5. The lowest BCUT2D eigenvalue weighted by Crippen LogP contribution is -2.60. The van der Waals surface area contributed by atoms with Crippen LogP contribution < -0.4 is 19.6 Å². The van der Waals surface area contributed by atoms with Crippen LogP contribution in [-0.4, -0.2) is 93.4 Å². The molecule has 0 unspecified atom stereocenters. The topological polar surface area (TPSA) is 209 Å². The van der Waals surface area contributed by atoms with Gasteiger partial charge in [0.15, 0.2) is 17.3 Å². The maximum atomic E-state index is 13.5. The number of methoxy groups -OCH3 is 1. The molecule has 1 fully saturated rings. The van der Waals surface area contributed by atoms with Crippen molar-refractivity contribution in [3.63, 3.8) is 0 Å². The lowest BCUT2D eigenvalue weighted by atomic mass is 9.99. The number of rotatable bonds is 8. The molecule has 2 heterocycles. The molecule has 5 atom stereocenters. The van der Waals surface area contributed by atoms with Gasteiger partial charge >= 0.3 is 0 Å². The number of aliphatic hydroxyl groups excluding tert-OH is 5. The summed E-state index contributed by atoms with van der Waals surface area (Å²) in [5.41, 5.74) is -0.919. The van der Waals surface area contributed by atoms with Crippen LogP contribution >= 0.6 is 0 Å². The molecule has 4 rings (SSSR count). The van der Waals surface area contributed by atoms with E-state index in [0.717, 1.165) is 6.07 Å². The Morgan fingerprint density at radius 1 is 0.973 bits per heavy atom. The highest BCUT2D eigenvalue weighted by Gasteiger charge is 2.45. The highest BCUT2D eigenvalue weighted by Crippen LogP contribution is 2.39. The van der Waals surface area contributed by atoms with Gasteiger partial charge in [0, 0.05) is 17.7 Å². The molecule has 0 saturated carbocycles. The van der Waals surface area contributed by atoms with E-state index in [9.17, 15) is 35.4 Å². The molecular weight excluding hydrogens is 496 g/mol. The fraction of sp³-hybridized carbons (Fsp3) is 0.375. The summed E-state index contributed by atoms with van der Waals surface area (Å²) in [6.07, 6.45) is -8.34. The minimum absolute atomic E-state index is 0.0906. The molecule has 0 spiro atoms. The number of benzene rings is 2. The van der Waals surface area contributed by atoms with E-state index < -0.39 is 54.2 Å². The Balaban J connectivity index is 1.89. The third-order valence-corrected chi connectivity index (χ3v) is 5.79. The van der Waals surface area contributed by atoms with Crippen LogP contribution in [0.15, 0.2) is 39.5 Å². The van der Waals surface area contributed by atoms with E-state index in [1.807, 2.05) is 0 Å². The summed E-state index contributed by atoms with van der Waals surface area (Å²) >= 11 is 0. The second-order valence-electron chi connectivity index (χ2n) is 8.18. The van der Waals surface area contributed by atoms with E-state index in [4.69, 9.17) is 28.5 Å². The van der Waals surface area contributed by atoms with Gasteiger partial charge in [0.25, 0.3) is 0 Å². The van der Waals surface area contributed by atoms with Crippen molar-refractivity contribution >= 4 is 11.0 Å². The molecule has 0 bridgehead atoms. The highest BCUT2D eigenvalue weighted by atomic mass is 16.7. The van der Waals surface area contributed by atoms with Gasteiger partial charge in [0.1, 0.15) is 53.5 Å². The second kappa shape index (κ2) is 10.8. The van der Waals surface area contributed by atoms with Crippen LogP contribution in [-0.2, 0) is 4.74 Å². The Morgan fingerprint density at radius 3 is 2.38 bits per heavy atom. The monoisotopic (exact) mass is 522 g/mol. The summed E-state index contributed by atoms with van der Waals surface area (Å²) in [6, 6.07) is 6.48. The average molecular weight is 522 g/mol. The van der Waals surface area contributed by atoms with E-state index in [0.29, 0.717) is 0 Å². The number of fused-ring (bicyclic) bond motifs is 1. The summed E-state index contributed by atoms with van der Waals surface area (Å²) in [5, 5.41) is 69.6. The first-order valence-electron chi connectivity index (χ1n) is 11.1. The normalized spacial score (nSPS) is 23.7. The lowest BCUT2D eigenvalue weighted by molar-refractivity contribution is -0.277. The van der Waals surface area contributed by atoms with E-state index in [1.165, 1.54) is 31.4 Å². The van der Waals surface area contributed by atoms with E-state index in [1.54, 1.807) is 0 Å². The Morgan fingerprint density at radius 2 is 1.73 bits per heavy atom. The van der Waals surface area contributed by atoms with Crippen LogP contribution in [0, 0.1) is 0 Å². The molecule has 13 nitrogen and oxygen atoms in total. The molecule has 1 aliphatic rings.